The lowest BCUT2D eigenvalue weighted by Crippen LogP contribution is -2.39. The second-order valence-corrected chi connectivity index (χ2v) is 4.64. The fourth-order valence-corrected chi connectivity index (χ4v) is 1.87. The fourth-order valence-electron chi connectivity index (χ4n) is 1.43. The van der Waals surface area contributed by atoms with Crippen LogP contribution >= 0.6 is 15.9 Å². The predicted molar refractivity (Wildman–Crippen MR) is 58.0 cm³/mol. The minimum atomic E-state index is -4.26. The molecule has 1 saturated carbocycles. The standard InChI is InChI=1S/C9H9BrF3N3/c10-5-3-15-4-6(14)7(5)16-8(1-2-8)9(11,12)13/h3-4H,1-2,14H2,(H,15,16). The van der Waals surface area contributed by atoms with Gasteiger partial charge in [0.1, 0.15) is 5.54 Å². The van der Waals surface area contributed by atoms with Crippen molar-refractivity contribution in [2.24, 2.45) is 0 Å². The molecule has 1 aromatic heterocycles. The molecule has 0 atom stereocenters. The van der Waals surface area contributed by atoms with E-state index in [0.717, 1.165) is 0 Å². The molecule has 7 heteroatoms. The van der Waals surface area contributed by atoms with Crippen LogP contribution in [0.25, 0.3) is 0 Å². The molecular formula is C9H9BrF3N3. The first kappa shape index (κ1) is 11.5. The van der Waals surface area contributed by atoms with Crippen molar-refractivity contribution in [3.63, 3.8) is 0 Å². The summed E-state index contributed by atoms with van der Waals surface area (Å²) in [6.07, 6.45) is -1.39. The van der Waals surface area contributed by atoms with Crippen LogP contribution < -0.4 is 11.1 Å². The lowest BCUT2D eigenvalue weighted by atomic mass is 10.2. The second kappa shape index (κ2) is 3.51. The highest BCUT2D eigenvalue weighted by Gasteiger charge is 2.63. The van der Waals surface area contributed by atoms with Crippen LogP contribution in [0.3, 0.4) is 0 Å². The molecule has 16 heavy (non-hydrogen) atoms. The Bertz CT molecular complexity index is 395. The Labute approximate surface area is 98.4 Å². The summed E-state index contributed by atoms with van der Waals surface area (Å²) in [6, 6.07) is 0. The van der Waals surface area contributed by atoms with Gasteiger partial charge in [-0.15, -0.1) is 0 Å². The maximum absolute atomic E-state index is 12.7. The number of rotatable bonds is 2. The average molecular weight is 296 g/mol. The van der Waals surface area contributed by atoms with Crippen molar-refractivity contribution in [3.8, 4) is 0 Å². The van der Waals surface area contributed by atoms with Crippen LogP contribution in [-0.2, 0) is 0 Å². The van der Waals surface area contributed by atoms with Crippen LogP contribution in [0.1, 0.15) is 12.8 Å². The van der Waals surface area contributed by atoms with Crippen LogP contribution in [-0.4, -0.2) is 16.7 Å². The van der Waals surface area contributed by atoms with E-state index >= 15 is 0 Å². The molecule has 0 bridgehead atoms. The van der Waals surface area contributed by atoms with E-state index in [0.29, 0.717) is 4.47 Å². The number of hydrogen-bond acceptors (Lipinski definition) is 3. The van der Waals surface area contributed by atoms with Gasteiger partial charge in [0.25, 0.3) is 0 Å². The van der Waals surface area contributed by atoms with Gasteiger partial charge in [0, 0.05) is 6.20 Å². The van der Waals surface area contributed by atoms with E-state index in [4.69, 9.17) is 5.73 Å². The average Bonchev–Trinajstić information content (AvgIpc) is 2.91. The van der Waals surface area contributed by atoms with Crippen LogP contribution in [0.4, 0.5) is 24.5 Å². The number of hydrogen-bond donors (Lipinski definition) is 2. The molecule has 3 nitrogen and oxygen atoms in total. The highest BCUT2D eigenvalue weighted by molar-refractivity contribution is 9.10. The van der Waals surface area contributed by atoms with Gasteiger partial charge in [-0.3, -0.25) is 4.98 Å². The second-order valence-electron chi connectivity index (χ2n) is 3.79. The van der Waals surface area contributed by atoms with Crippen LogP contribution in [0.5, 0.6) is 0 Å². The van der Waals surface area contributed by atoms with Crippen LogP contribution in [0.2, 0.25) is 0 Å². The smallest absolute Gasteiger partial charge is 0.396 e. The summed E-state index contributed by atoms with van der Waals surface area (Å²) in [5.41, 5.74) is 4.22. The lowest BCUT2D eigenvalue weighted by Gasteiger charge is -2.23. The Morgan fingerprint density at radius 3 is 2.44 bits per heavy atom. The summed E-state index contributed by atoms with van der Waals surface area (Å²) in [6.45, 7) is 0. The molecule has 0 radical (unpaired) electrons. The monoisotopic (exact) mass is 295 g/mol. The number of nitrogens with two attached hydrogens (primary N) is 1. The fraction of sp³-hybridized carbons (Fsp3) is 0.444. The van der Waals surface area contributed by atoms with Gasteiger partial charge in [0.2, 0.25) is 0 Å². The summed E-state index contributed by atoms with van der Waals surface area (Å²) in [5, 5.41) is 2.47. The molecule has 1 fully saturated rings. The Kier molecular flexibility index (Phi) is 2.52. The highest BCUT2D eigenvalue weighted by atomic mass is 79.9. The van der Waals surface area contributed by atoms with E-state index in [9.17, 15) is 13.2 Å². The Morgan fingerprint density at radius 2 is 2.00 bits per heavy atom. The summed E-state index contributed by atoms with van der Waals surface area (Å²) in [5.74, 6) is 0. The Balaban J connectivity index is 2.29. The van der Waals surface area contributed by atoms with Crippen molar-refractivity contribution < 1.29 is 13.2 Å². The van der Waals surface area contributed by atoms with Gasteiger partial charge in [-0.1, -0.05) is 0 Å². The predicted octanol–water partition coefficient (Wildman–Crippen LogP) is 2.93. The van der Waals surface area contributed by atoms with Crippen LogP contribution in [0.15, 0.2) is 16.9 Å². The summed E-state index contributed by atoms with van der Waals surface area (Å²) in [4.78, 5) is 3.76. The van der Waals surface area contributed by atoms with Gasteiger partial charge in [0.15, 0.2) is 0 Å². The zero-order valence-electron chi connectivity index (χ0n) is 8.11. The van der Waals surface area contributed by atoms with Crippen molar-refractivity contribution in [3.05, 3.63) is 16.9 Å². The molecule has 88 valence electrons. The summed E-state index contributed by atoms with van der Waals surface area (Å²) < 4.78 is 38.6. The van der Waals surface area contributed by atoms with Gasteiger partial charge in [0.05, 0.1) is 22.0 Å². The Hall–Kier alpha value is -0.980. The highest BCUT2D eigenvalue weighted by Crippen LogP contribution is 2.52. The largest absolute Gasteiger partial charge is 0.411 e. The van der Waals surface area contributed by atoms with Crippen molar-refractivity contribution in [1.29, 1.82) is 0 Å². The van der Waals surface area contributed by atoms with Gasteiger partial charge >= 0.3 is 6.18 Å². The van der Waals surface area contributed by atoms with E-state index in [2.05, 4.69) is 26.2 Å². The molecule has 0 aromatic carbocycles. The molecule has 0 amide bonds. The molecule has 1 heterocycles. The molecule has 0 aliphatic heterocycles. The number of halogens is 4. The van der Waals surface area contributed by atoms with Gasteiger partial charge in [-0.25, -0.2) is 0 Å². The number of anilines is 2. The van der Waals surface area contributed by atoms with Crippen molar-refractivity contribution in [2.75, 3.05) is 11.1 Å². The zero-order valence-corrected chi connectivity index (χ0v) is 9.69. The number of alkyl halides is 3. The van der Waals surface area contributed by atoms with Gasteiger partial charge in [-0.2, -0.15) is 13.2 Å². The summed E-state index contributed by atoms with van der Waals surface area (Å²) >= 11 is 3.12. The number of nitrogen functional groups attached to an aromatic ring is 1. The number of aromatic nitrogens is 1. The molecule has 3 N–H and O–H groups in total. The van der Waals surface area contributed by atoms with Gasteiger partial charge < -0.3 is 11.1 Å². The SMILES string of the molecule is Nc1cncc(Br)c1NC1(C(F)(F)F)CC1. The van der Waals surface area contributed by atoms with E-state index in [1.54, 1.807) is 0 Å². The molecule has 1 aliphatic carbocycles. The maximum atomic E-state index is 12.7. The van der Waals surface area contributed by atoms with E-state index in [-0.39, 0.29) is 24.2 Å². The van der Waals surface area contributed by atoms with Crippen LogP contribution in [0, 0.1) is 0 Å². The lowest BCUT2D eigenvalue weighted by molar-refractivity contribution is -0.151. The molecular weight excluding hydrogens is 287 g/mol. The van der Waals surface area contributed by atoms with E-state index in [1.165, 1.54) is 12.4 Å². The van der Waals surface area contributed by atoms with E-state index < -0.39 is 11.7 Å². The topological polar surface area (TPSA) is 50.9 Å². The Morgan fingerprint density at radius 1 is 1.38 bits per heavy atom. The first-order chi connectivity index (χ1) is 7.36. The number of pyridine rings is 1. The first-order valence-electron chi connectivity index (χ1n) is 4.60. The molecule has 2 rings (SSSR count). The molecule has 0 unspecified atom stereocenters. The minimum Gasteiger partial charge on any atom is -0.396 e. The zero-order chi connectivity index (χ0) is 12.0. The minimum absolute atomic E-state index is 0.0741. The number of nitrogens with zero attached hydrogens (tertiary/aromatic N) is 1. The first-order valence-corrected chi connectivity index (χ1v) is 5.39. The number of nitrogens with one attached hydrogen (secondary N) is 1. The third-order valence-electron chi connectivity index (χ3n) is 2.59. The van der Waals surface area contributed by atoms with Gasteiger partial charge in [-0.05, 0) is 28.8 Å². The third-order valence-corrected chi connectivity index (χ3v) is 3.19. The molecule has 1 aromatic rings. The maximum Gasteiger partial charge on any atom is 0.411 e. The molecule has 1 aliphatic rings. The van der Waals surface area contributed by atoms with Crippen molar-refractivity contribution in [1.82, 2.24) is 4.98 Å². The molecule has 0 saturated heterocycles. The molecule has 0 spiro atoms. The van der Waals surface area contributed by atoms with Crippen molar-refractivity contribution in [2.45, 2.75) is 24.6 Å². The van der Waals surface area contributed by atoms with Crippen molar-refractivity contribution >= 4 is 27.3 Å². The van der Waals surface area contributed by atoms with E-state index in [1.807, 2.05) is 0 Å². The normalized spacial score (nSPS) is 18.2. The quantitative estimate of drug-likeness (QED) is 0.882. The summed E-state index contributed by atoms with van der Waals surface area (Å²) in [7, 11) is 0. The third kappa shape index (κ3) is 1.83.